The zero-order chi connectivity index (χ0) is 17.2. The molecular formula is C19H21F2N3O. The van der Waals surface area contributed by atoms with Gasteiger partial charge in [-0.05, 0) is 42.7 Å². The first-order valence-corrected chi connectivity index (χ1v) is 8.72. The molecule has 0 unspecified atom stereocenters. The molecule has 1 N–H and O–H groups in total. The van der Waals surface area contributed by atoms with Crippen LogP contribution in [0.5, 0.6) is 0 Å². The molecule has 1 aliphatic heterocycles. The van der Waals surface area contributed by atoms with Crippen LogP contribution in [0.3, 0.4) is 0 Å². The summed E-state index contributed by atoms with van der Waals surface area (Å²) in [6.45, 7) is 3.83. The van der Waals surface area contributed by atoms with Crippen LogP contribution in [-0.4, -0.2) is 31.2 Å². The number of pyridine rings is 1. The molecule has 132 valence electrons. The molecule has 0 saturated carbocycles. The second kappa shape index (κ2) is 7.06. The second-order valence-corrected chi connectivity index (χ2v) is 6.52. The molecule has 1 atom stereocenters. The maximum atomic E-state index is 13.8. The van der Waals surface area contributed by atoms with E-state index in [1.165, 1.54) is 11.6 Å². The predicted molar refractivity (Wildman–Crippen MR) is 91.5 cm³/mol. The van der Waals surface area contributed by atoms with Crippen molar-refractivity contribution in [2.45, 2.75) is 25.6 Å². The Morgan fingerprint density at radius 3 is 2.84 bits per heavy atom. The highest BCUT2D eigenvalue weighted by molar-refractivity contribution is 5.44. The molecule has 1 aromatic heterocycles. The molecule has 4 rings (SSSR count). The lowest BCUT2D eigenvalue weighted by Crippen LogP contribution is -2.44. The Morgan fingerprint density at radius 2 is 2.00 bits per heavy atom. The summed E-state index contributed by atoms with van der Waals surface area (Å²) in [6.07, 6.45) is 1.56. The highest BCUT2D eigenvalue weighted by Crippen LogP contribution is 2.35. The van der Waals surface area contributed by atoms with Crippen molar-refractivity contribution in [3.63, 3.8) is 0 Å². The van der Waals surface area contributed by atoms with Gasteiger partial charge in [-0.15, -0.1) is 0 Å². The first kappa shape index (κ1) is 16.4. The fraction of sp³-hybridized carbons (Fsp3) is 0.421. The first-order valence-electron chi connectivity index (χ1n) is 8.72. The molecule has 4 nitrogen and oxygen atoms in total. The maximum absolute atomic E-state index is 13.8. The minimum atomic E-state index is -0.453. The minimum Gasteiger partial charge on any atom is -0.367 e. The fourth-order valence-corrected chi connectivity index (χ4v) is 3.48. The van der Waals surface area contributed by atoms with Crippen LogP contribution in [0.4, 0.5) is 14.6 Å². The lowest BCUT2D eigenvalue weighted by Gasteiger charge is -2.29. The Kier molecular flexibility index (Phi) is 4.63. The summed E-state index contributed by atoms with van der Waals surface area (Å²) in [5, 5.41) is 3.33. The lowest BCUT2D eigenvalue weighted by molar-refractivity contribution is 0.0369. The van der Waals surface area contributed by atoms with Crippen LogP contribution in [0.25, 0.3) is 0 Å². The van der Waals surface area contributed by atoms with Crippen LogP contribution in [-0.2, 0) is 17.8 Å². The molecule has 2 aromatic rings. The normalized spacial score (nSPS) is 19.9. The van der Waals surface area contributed by atoms with E-state index in [9.17, 15) is 8.78 Å². The van der Waals surface area contributed by atoms with E-state index in [4.69, 9.17) is 9.72 Å². The smallest absolute Gasteiger partial charge is 0.129 e. The van der Waals surface area contributed by atoms with Gasteiger partial charge in [-0.3, -0.25) is 0 Å². The van der Waals surface area contributed by atoms with Crippen LogP contribution < -0.4 is 10.2 Å². The molecule has 0 radical (unpaired) electrons. The van der Waals surface area contributed by atoms with E-state index in [1.54, 1.807) is 0 Å². The Bertz CT molecular complexity index is 762. The van der Waals surface area contributed by atoms with Crippen LogP contribution >= 0.6 is 0 Å². The first-order chi connectivity index (χ1) is 12.2. The molecule has 1 aliphatic carbocycles. The van der Waals surface area contributed by atoms with Crippen LogP contribution in [0.1, 0.15) is 29.3 Å². The molecule has 6 heteroatoms. The molecule has 0 bridgehead atoms. The summed E-state index contributed by atoms with van der Waals surface area (Å²) in [7, 11) is 0. The number of aryl methyl sites for hydroxylation is 1. The average molecular weight is 345 g/mol. The molecule has 1 aromatic carbocycles. The number of rotatable bonds is 4. The Balaban J connectivity index is 1.49. The maximum Gasteiger partial charge on any atom is 0.129 e. The van der Waals surface area contributed by atoms with Gasteiger partial charge in [-0.2, -0.15) is 0 Å². The van der Waals surface area contributed by atoms with E-state index >= 15 is 0 Å². The highest BCUT2D eigenvalue weighted by atomic mass is 19.1. The molecule has 2 heterocycles. The number of aromatic nitrogens is 1. The average Bonchev–Trinajstić information content (AvgIpc) is 3.05. The fourth-order valence-electron chi connectivity index (χ4n) is 3.48. The van der Waals surface area contributed by atoms with Crippen molar-refractivity contribution < 1.29 is 13.5 Å². The third-order valence-corrected chi connectivity index (χ3v) is 4.87. The minimum absolute atomic E-state index is 0.0489. The number of ether oxygens (including phenoxy) is 1. The number of piperazine rings is 1. The van der Waals surface area contributed by atoms with Gasteiger partial charge in [0, 0.05) is 31.7 Å². The SMILES string of the molecule is Fc1ccc(F)c(CO[C@H]2CCc3ccc(N4CCNCC4)nc32)c1. The lowest BCUT2D eigenvalue weighted by atomic mass is 10.2. The van der Waals surface area contributed by atoms with Gasteiger partial charge in [-0.1, -0.05) is 6.07 Å². The van der Waals surface area contributed by atoms with E-state index in [0.29, 0.717) is 0 Å². The van der Waals surface area contributed by atoms with Gasteiger partial charge < -0.3 is 15.0 Å². The van der Waals surface area contributed by atoms with Crippen molar-refractivity contribution in [2.24, 2.45) is 0 Å². The van der Waals surface area contributed by atoms with Gasteiger partial charge in [0.15, 0.2) is 0 Å². The van der Waals surface area contributed by atoms with Gasteiger partial charge in [0.05, 0.1) is 12.3 Å². The topological polar surface area (TPSA) is 37.4 Å². The van der Waals surface area contributed by atoms with E-state index in [1.807, 2.05) is 0 Å². The van der Waals surface area contributed by atoms with E-state index in [0.717, 1.165) is 62.7 Å². The summed E-state index contributed by atoms with van der Waals surface area (Å²) in [5.74, 6) is 0.0702. The van der Waals surface area contributed by atoms with Crippen LogP contribution in [0, 0.1) is 11.6 Å². The van der Waals surface area contributed by atoms with Gasteiger partial charge >= 0.3 is 0 Å². The third-order valence-electron chi connectivity index (χ3n) is 4.87. The molecule has 0 spiro atoms. The summed E-state index contributed by atoms with van der Waals surface area (Å²) < 4.78 is 33.0. The summed E-state index contributed by atoms with van der Waals surface area (Å²) in [4.78, 5) is 7.08. The van der Waals surface area contributed by atoms with Gasteiger partial charge in [-0.25, -0.2) is 13.8 Å². The Labute approximate surface area is 145 Å². The van der Waals surface area contributed by atoms with Gasteiger partial charge in [0.1, 0.15) is 23.6 Å². The number of nitrogens with one attached hydrogen (secondary N) is 1. The number of benzene rings is 1. The number of fused-ring (bicyclic) bond motifs is 1. The van der Waals surface area contributed by atoms with Crippen molar-refractivity contribution in [2.75, 3.05) is 31.1 Å². The van der Waals surface area contributed by atoms with Crippen LogP contribution in [0.2, 0.25) is 0 Å². The van der Waals surface area contributed by atoms with Crippen molar-refractivity contribution in [1.82, 2.24) is 10.3 Å². The highest BCUT2D eigenvalue weighted by Gasteiger charge is 2.26. The quantitative estimate of drug-likeness (QED) is 0.924. The molecule has 2 aliphatic rings. The zero-order valence-electron chi connectivity index (χ0n) is 14.0. The number of hydrogen-bond donors (Lipinski definition) is 1. The number of anilines is 1. The van der Waals surface area contributed by atoms with E-state index in [-0.39, 0.29) is 18.3 Å². The largest absolute Gasteiger partial charge is 0.367 e. The monoisotopic (exact) mass is 345 g/mol. The summed E-state index contributed by atoms with van der Waals surface area (Å²) in [5.41, 5.74) is 2.36. The number of hydrogen-bond acceptors (Lipinski definition) is 4. The number of nitrogens with zero attached hydrogens (tertiary/aromatic N) is 2. The van der Waals surface area contributed by atoms with Crippen molar-refractivity contribution in [3.8, 4) is 0 Å². The summed E-state index contributed by atoms with van der Waals surface area (Å²) in [6, 6.07) is 7.63. The van der Waals surface area contributed by atoms with Crippen molar-refractivity contribution in [1.29, 1.82) is 0 Å². The summed E-state index contributed by atoms with van der Waals surface area (Å²) >= 11 is 0. The standard InChI is InChI=1S/C19H21F2N3O/c20-15-3-4-16(21)14(11-15)12-25-17-5-1-13-2-6-18(23-19(13)17)24-9-7-22-8-10-24/h2-4,6,11,17,22H,1,5,7-10,12H2/t17-/m0/s1. The molecule has 1 saturated heterocycles. The molecule has 25 heavy (non-hydrogen) atoms. The third kappa shape index (κ3) is 3.50. The second-order valence-electron chi connectivity index (χ2n) is 6.52. The van der Waals surface area contributed by atoms with Crippen molar-refractivity contribution >= 4 is 5.82 Å². The molecule has 0 amide bonds. The predicted octanol–water partition coefficient (Wildman–Crippen LogP) is 2.97. The number of halogens is 2. The van der Waals surface area contributed by atoms with E-state index in [2.05, 4.69) is 22.3 Å². The van der Waals surface area contributed by atoms with Gasteiger partial charge in [0.25, 0.3) is 0 Å². The Hall–Kier alpha value is -2.05. The molecular weight excluding hydrogens is 324 g/mol. The van der Waals surface area contributed by atoms with Gasteiger partial charge in [0.2, 0.25) is 0 Å². The Morgan fingerprint density at radius 1 is 1.16 bits per heavy atom. The van der Waals surface area contributed by atoms with Crippen LogP contribution in [0.15, 0.2) is 30.3 Å². The molecule has 1 fully saturated rings. The van der Waals surface area contributed by atoms with E-state index < -0.39 is 11.6 Å². The van der Waals surface area contributed by atoms with Crippen molar-refractivity contribution in [3.05, 3.63) is 58.8 Å². The zero-order valence-corrected chi connectivity index (χ0v) is 14.0.